The Labute approximate surface area is 195 Å². The summed E-state index contributed by atoms with van der Waals surface area (Å²) in [5, 5.41) is 3.05. The summed E-state index contributed by atoms with van der Waals surface area (Å²) in [5.41, 5.74) is 3.92. The van der Waals surface area contributed by atoms with Crippen molar-refractivity contribution in [2.75, 3.05) is 13.2 Å². The molecule has 0 aliphatic heterocycles. The fourth-order valence-electron chi connectivity index (χ4n) is 4.02. The lowest BCUT2D eigenvalue weighted by Crippen LogP contribution is -2.25. The van der Waals surface area contributed by atoms with E-state index in [0.29, 0.717) is 13.2 Å². The summed E-state index contributed by atoms with van der Waals surface area (Å²) < 4.78 is 8.15. The lowest BCUT2D eigenvalue weighted by atomic mass is 10.1. The number of ether oxygens (including phenoxy) is 1. The zero-order valence-electron chi connectivity index (χ0n) is 19.2. The number of para-hydroxylation sites is 3. The molecule has 0 spiro atoms. The second kappa shape index (κ2) is 11.3. The molecule has 170 valence electrons. The highest BCUT2D eigenvalue weighted by Crippen LogP contribution is 2.18. The number of carbonyl (C=O) groups is 1. The molecule has 1 N–H and O–H groups in total. The van der Waals surface area contributed by atoms with Gasteiger partial charge >= 0.3 is 0 Å². The van der Waals surface area contributed by atoms with E-state index >= 15 is 0 Å². The van der Waals surface area contributed by atoms with E-state index in [2.05, 4.69) is 28.1 Å². The molecule has 0 saturated carbocycles. The van der Waals surface area contributed by atoms with Gasteiger partial charge in [0.25, 0.3) is 5.91 Å². The van der Waals surface area contributed by atoms with Crippen molar-refractivity contribution in [3.63, 3.8) is 0 Å². The molecule has 0 aliphatic rings. The van der Waals surface area contributed by atoms with Crippen LogP contribution in [-0.2, 0) is 13.0 Å². The molecule has 0 fully saturated rings. The highest BCUT2D eigenvalue weighted by Gasteiger charge is 2.11. The fourth-order valence-corrected chi connectivity index (χ4v) is 4.02. The Morgan fingerprint density at radius 3 is 2.52 bits per heavy atom. The van der Waals surface area contributed by atoms with Crippen molar-refractivity contribution in [2.24, 2.45) is 0 Å². The van der Waals surface area contributed by atoms with E-state index in [4.69, 9.17) is 9.72 Å². The quantitative estimate of drug-likeness (QED) is 0.310. The van der Waals surface area contributed by atoms with E-state index in [0.717, 1.165) is 60.4 Å². The van der Waals surface area contributed by atoms with Crippen molar-refractivity contribution in [1.82, 2.24) is 14.9 Å². The number of hydrogen-bond acceptors (Lipinski definition) is 3. The third-order valence-corrected chi connectivity index (χ3v) is 5.77. The van der Waals surface area contributed by atoms with Crippen LogP contribution < -0.4 is 10.1 Å². The normalized spacial score (nSPS) is 10.9. The zero-order valence-corrected chi connectivity index (χ0v) is 19.2. The first-order valence-corrected chi connectivity index (χ1v) is 11.7. The monoisotopic (exact) mass is 441 g/mol. The van der Waals surface area contributed by atoms with Gasteiger partial charge in [0, 0.05) is 25.1 Å². The molecule has 3 aromatic carbocycles. The number of benzene rings is 3. The second-order valence-corrected chi connectivity index (χ2v) is 8.21. The minimum atomic E-state index is -0.0139. The van der Waals surface area contributed by atoms with Crippen molar-refractivity contribution in [1.29, 1.82) is 0 Å². The molecule has 5 nitrogen and oxygen atoms in total. The molecule has 0 unspecified atom stereocenters. The topological polar surface area (TPSA) is 56.2 Å². The SMILES string of the molecule is Cc1ccccc1C(=O)NCCCc1nc2ccccc2n1CCCCOc1ccccc1. The van der Waals surface area contributed by atoms with Crippen LogP contribution in [0.25, 0.3) is 11.0 Å². The van der Waals surface area contributed by atoms with E-state index in [1.807, 2.05) is 67.6 Å². The van der Waals surface area contributed by atoms with Crippen molar-refractivity contribution in [3.05, 3.63) is 95.8 Å². The van der Waals surface area contributed by atoms with Crippen molar-refractivity contribution < 1.29 is 9.53 Å². The number of imidazole rings is 1. The van der Waals surface area contributed by atoms with Crippen LogP contribution in [0.4, 0.5) is 0 Å². The second-order valence-electron chi connectivity index (χ2n) is 8.21. The predicted octanol–water partition coefficient (Wildman–Crippen LogP) is 5.57. The average Bonchev–Trinajstić information content (AvgIpc) is 3.20. The molecule has 0 saturated heterocycles. The minimum absolute atomic E-state index is 0.0139. The lowest BCUT2D eigenvalue weighted by molar-refractivity contribution is 0.0952. The largest absolute Gasteiger partial charge is 0.494 e. The average molecular weight is 442 g/mol. The molecule has 1 amide bonds. The smallest absolute Gasteiger partial charge is 0.251 e. The molecule has 0 bridgehead atoms. The highest BCUT2D eigenvalue weighted by atomic mass is 16.5. The van der Waals surface area contributed by atoms with Crippen molar-refractivity contribution in [2.45, 2.75) is 39.2 Å². The number of aryl methyl sites for hydroxylation is 3. The molecule has 0 atom stereocenters. The molecular weight excluding hydrogens is 410 g/mol. The zero-order chi connectivity index (χ0) is 22.9. The van der Waals surface area contributed by atoms with Gasteiger partial charge in [-0.25, -0.2) is 4.98 Å². The molecule has 5 heteroatoms. The molecule has 0 aliphatic carbocycles. The van der Waals surface area contributed by atoms with Crippen molar-refractivity contribution in [3.8, 4) is 5.75 Å². The summed E-state index contributed by atoms with van der Waals surface area (Å²) >= 11 is 0. The van der Waals surface area contributed by atoms with Gasteiger partial charge in [0.1, 0.15) is 11.6 Å². The van der Waals surface area contributed by atoms with Crippen LogP contribution in [0.3, 0.4) is 0 Å². The molecule has 1 heterocycles. The van der Waals surface area contributed by atoms with Gasteiger partial charge in [0.2, 0.25) is 0 Å². The highest BCUT2D eigenvalue weighted by molar-refractivity contribution is 5.95. The maximum atomic E-state index is 12.4. The van der Waals surface area contributed by atoms with E-state index < -0.39 is 0 Å². The number of hydrogen-bond donors (Lipinski definition) is 1. The molecule has 4 aromatic rings. The molecule has 0 radical (unpaired) electrons. The first-order valence-electron chi connectivity index (χ1n) is 11.7. The minimum Gasteiger partial charge on any atom is -0.494 e. The summed E-state index contributed by atoms with van der Waals surface area (Å²) in [6.07, 6.45) is 3.67. The fraction of sp³-hybridized carbons (Fsp3) is 0.286. The number of rotatable bonds is 11. The third kappa shape index (κ3) is 6.01. The Morgan fingerprint density at radius 1 is 0.909 bits per heavy atom. The summed E-state index contributed by atoms with van der Waals surface area (Å²) in [6.45, 7) is 4.20. The Morgan fingerprint density at radius 2 is 1.67 bits per heavy atom. The molecule has 4 rings (SSSR count). The van der Waals surface area contributed by atoms with Crippen LogP contribution in [0.15, 0.2) is 78.9 Å². The van der Waals surface area contributed by atoms with E-state index in [9.17, 15) is 4.79 Å². The molecule has 33 heavy (non-hydrogen) atoms. The van der Waals surface area contributed by atoms with Crippen molar-refractivity contribution >= 4 is 16.9 Å². The van der Waals surface area contributed by atoms with Gasteiger partial charge in [0.05, 0.1) is 17.6 Å². The van der Waals surface area contributed by atoms with E-state index in [1.54, 1.807) is 0 Å². The van der Waals surface area contributed by atoms with Crippen LogP contribution in [0, 0.1) is 6.92 Å². The summed E-state index contributed by atoms with van der Waals surface area (Å²) in [7, 11) is 0. The first kappa shape index (κ1) is 22.6. The number of fused-ring (bicyclic) bond motifs is 1. The Balaban J connectivity index is 1.30. The van der Waals surface area contributed by atoms with Gasteiger partial charge in [-0.2, -0.15) is 0 Å². The van der Waals surface area contributed by atoms with E-state index in [-0.39, 0.29) is 5.91 Å². The maximum absolute atomic E-state index is 12.4. The van der Waals surface area contributed by atoms with E-state index in [1.165, 1.54) is 5.52 Å². The maximum Gasteiger partial charge on any atom is 0.251 e. The standard InChI is InChI=1S/C28H31N3O2/c1-22-12-5-6-15-24(22)28(32)29-19-11-18-27-30-25-16-7-8-17-26(25)31(27)20-9-10-21-33-23-13-3-2-4-14-23/h2-8,12-17H,9-11,18-21H2,1H3,(H,29,32). The van der Waals surface area contributed by atoms with Gasteiger partial charge in [-0.15, -0.1) is 0 Å². The van der Waals surface area contributed by atoms with Crippen LogP contribution in [-0.4, -0.2) is 28.6 Å². The number of carbonyl (C=O) groups excluding carboxylic acids is 1. The van der Waals surface area contributed by atoms with Gasteiger partial charge in [-0.05, 0) is 62.1 Å². The summed E-state index contributed by atoms with van der Waals surface area (Å²) in [6, 6.07) is 25.9. The Kier molecular flexibility index (Phi) is 7.75. The van der Waals surface area contributed by atoms with Crippen LogP contribution in [0.1, 0.15) is 41.0 Å². The lowest BCUT2D eigenvalue weighted by Gasteiger charge is -2.11. The molecule has 1 aromatic heterocycles. The Bertz CT molecular complexity index is 1180. The molecular formula is C28H31N3O2. The summed E-state index contributed by atoms with van der Waals surface area (Å²) in [5.74, 6) is 1.98. The van der Waals surface area contributed by atoms with Crippen LogP contribution >= 0.6 is 0 Å². The number of aromatic nitrogens is 2. The van der Waals surface area contributed by atoms with Crippen LogP contribution in [0.2, 0.25) is 0 Å². The van der Waals surface area contributed by atoms with Gasteiger partial charge in [-0.3, -0.25) is 4.79 Å². The van der Waals surface area contributed by atoms with Gasteiger partial charge in [0.15, 0.2) is 0 Å². The third-order valence-electron chi connectivity index (χ3n) is 5.77. The number of nitrogens with zero attached hydrogens (tertiary/aromatic N) is 2. The number of nitrogens with one attached hydrogen (secondary N) is 1. The first-order chi connectivity index (χ1) is 16.2. The number of unbranched alkanes of at least 4 members (excludes halogenated alkanes) is 1. The van der Waals surface area contributed by atoms with Crippen LogP contribution in [0.5, 0.6) is 5.75 Å². The van der Waals surface area contributed by atoms with Gasteiger partial charge < -0.3 is 14.6 Å². The predicted molar refractivity (Wildman–Crippen MR) is 133 cm³/mol. The number of amides is 1. The van der Waals surface area contributed by atoms with Gasteiger partial charge in [-0.1, -0.05) is 48.5 Å². The summed E-state index contributed by atoms with van der Waals surface area (Å²) in [4.78, 5) is 17.3. The Hall–Kier alpha value is -3.60.